The second-order valence-electron chi connectivity index (χ2n) is 4.41. The lowest BCUT2D eigenvalue weighted by molar-refractivity contribution is 0.410. The average Bonchev–Trinajstić information content (AvgIpc) is 2.49. The van der Waals surface area contributed by atoms with Gasteiger partial charge < -0.3 is 15.8 Å². The van der Waals surface area contributed by atoms with E-state index >= 15 is 0 Å². The fourth-order valence-corrected chi connectivity index (χ4v) is 2.05. The summed E-state index contributed by atoms with van der Waals surface area (Å²) >= 11 is 0. The van der Waals surface area contributed by atoms with E-state index in [2.05, 4.69) is 11.4 Å². The Bertz CT molecular complexity index is 632. The van der Waals surface area contributed by atoms with Crippen molar-refractivity contribution < 1.29 is 4.74 Å². The largest absolute Gasteiger partial charge is 0.496 e. The number of nitrogens with one attached hydrogen (secondary N) is 1. The zero-order valence-corrected chi connectivity index (χ0v) is 11.4. The van der Waals surface area contributed by atoms with Crippen LogP contribution in [0.2, 0.25) is 0 Å². The molecule has 0 bridgehead atoms. The quantitative estimate of drug-likeness (QED) is 0.817. The first-order chi connectivity index (χ1) is 9.74. The Kier molecular flexibility index (Phi) is 4.46. The van der Waals surface area contributed by atoms with Crippen LogP contribution in [0, 0.1) is 11.3 Å². The van der Waals surface area contributed by atoms with E-state index in [4.69, 9.17) is 15.7 Å². The third kappa shape index (κ3) is 3.21. The van der Waals surface area contributed by atoms with Crippen molar-refractivity contribution in [3.05, 3.63) is 53.6 Å². The molecule has 0 heterocycles. The molecule has 0 aliphatic carbocycles. The highest BCUT2D eigenvalue weighted by molar-refractivity contribution is 5.63. The SMILES string of the molecule is COc1ccccc1CCNc1ccc(N)cc1C#N. The zero-order valence-electron chi connectivity index (χ0n) is 11.4. The van der Waals surface area contributed by atoms with Gasteiger partial charge in [0.2, 0.25) is 0 Å². The van der Waals surface area contributed by atoms with Gasteiger partial charge in [-0.3, -0.25) is 0 Å². The van der Waals surface area contributed by atoms with Crippen LogP contribution >= 0.6 is 0 Å². The highest BCUT2D eigenvalue weighted by Crippen LogP contribution is 2.20. The van der Waals surface area contributed by atoms with E-state index in [1.807, 2.05) is 30.3 Å². The third-order valence-corrected chi connectivity index (χ3v) is 3.07. The molecular weight excluding hydrogens is 250 g/mol. The van der Waals surface area contributed by atoms with Gasteiger partial charge in [-0.05, 0) is 36.2 Å². The summed E-state index contributed by atoms with van der Waals surface area (Å²) in [5.41, 5.74) is 8.76. The summed E-state index contributed by atoms with van der Waals surface area (Å²) in [6, 6.07) is 15.3. The number of nitrogens with zero attached hydrogens (tertiary/aromatic N) is 1. The molecule has 0 aromatic heterocycles. The van der Waals surface area contributed by atoms with Gasteiger partial charge in [0.05, 0.1) is 18.4 Å². The molecule has 0 aliphatic rings. The fraction of sp³-hybridized carbons (Fsp3) is 0.188. The number of hydrogen-bond donors (Lipinski definition) is 2. The van der Waals surface area contributed by atoms with Crippen molar-refractivity contribution in [1.29, 1.82) is 5.26 Å². The van der Waals surface area contributed by atoms with E-state index in [1.54, 1.807) is 19.2 Å². The highest BCUT2D eigenvalue weighted by atomic mass is 16.5. The number of hydrogen-bond acceptors (Lipinski definition) is 4. The maximum Gasteiger partial charge on any atom is 0.122 e. The molecule has 0 unspecified atom stereocenters. The van der Waals surface area contributed by atoms with Crippen LogP contribution in [0.4, 0.5) is 11.4 Å². The van der Waals surface area contributed by atoms with Gasteiger partial charge in [0.25, 0.3) is 0 Å². The van der Waals surface area contributed by atoms with Crippen molar-refractivity contribution in [3.63, 3.8) is 0 Å². The summed E-state index contributed by atoms with van der Waals surface area (Å²) < 4.78 is 5.31. The van der Waals surface area contributed by atoms with Crippen molar-refractivity contribution in [2.45, 2.75) is 6.42 Å². The van der Waals surface area contributed by atoms with Gasteiger partial charge in [0.1, 0.15) is 11.8 Å². The van der Waals surface area contributed by atoms with Gasteiger partial charge in [-0.15, -0.1) is 0 Å². The Morgan fingerprint density at radius 1 is 1.25 bits per heavy atom. The standard InChI is InChI=1S/C16H17N3O/c1-20-16-5-3-2-4-12(16)8-9-19-15-7-6-14(18)10-13(15)11-17/h2-7,10,19H,8-9,18H2,1H3. The van der Waals surface area contributed by atoms with Crippen LogP contribution in [0.25, 0.3) is 0 Å². The van der Waals surface area contributed by atoms with Crippen LogP contribution in [-0.2, 0) is 6.42 Å². The first-order valence-electron chi connectivity index (χ1n) is 6.40. The smallest absolute Gasteiger partial charge is 0.122 e. The highest BCUT2D eigenvalue weighted by Gasteiger charge is 2.04. The predicted octanol–water partition coefficient (Wildman–Crippen LogP) is 2.80. The van der Waals surface area contributed by atoms with Crippen molar-refractivity contribution in [1.82, 2.24) is 0 Å². The molecule has 0 radical (unpaired) electrons. The average molecular weight is 267 g/mol. The number of nitrogen functional groups attached to an aromatic ring is 1. The summed E-state index contributed by atoms with van der Waals surface area (Å²) in [6.07, 6.45) is 0.819. The molecule has 0 spiro atoms. The lowest BCUT2D eigenvalue weighted by Gasteiger charge is -2.11. The number of anilines is 2. The number of ether oxygens (including phenoxy) is 1. The number of rotatable bonds is 5. The molecule has 0 atom stereocenters. The van der Waals surface area contributed by atoms with Crippen LogP contribution in [0.15, 0.2) is 42.5 Å². The molecule has 102 valence electrons. The molecule has 2 aromatic rings. The Balaban J connectivity index is 2.02. The summed E-state index contributed by atoms with van der Waals surface area (Å²) in [5.74, 6) is 0.882. The van der Waals surface area contributed by atoms with E-state index < -0.39 is 0 Å². The van der Waals surface area contributed by atoms with Crippen LogP contribution in [-0.4, -0.2) is 13.7 Å². The first-order valence-corrected chi connectivity index (χ1v) is 6.40. The molecule has 4 nitrogen and oxygen atoms in total. The summed E-state index contributed by atoms with van der Waals surface area (Å²) in [7, 11) is 1.67. The molecule has 0 fully saturated rings. The van der Waals surface area contributed by atoms with Crippen LogP contribution in [0.5, 0.6) is 5.75 Å². The van der Waals surface area contributed by atoms with Crippen molar-refractivity contribution in [2.75, 3.05) is 24.7 Å². The van der Waals surface area contributed by atoms with Gasteiger partial charge in [0.15, 0.2) is 0 Å². The zero-order chi connectivity index (χ0) is 14.4. The van der Waals surface area contributed by atoms with Crippen LogP contribution in [0.3, 0.4) is 0 Å². The Morgan fingerprint density at radius 2 is 2.05 bits per heavy atom. The molecule has 0 aliphatic heterocycles. The number of methoxy groups -OCH3 is 1. The number of nitriles is 1. The van der Waals surface area contributed by atoms with Gasteiger partial charge in [-0.1, -0.05) is 18.2 Å². The number of para-hydroxylation sites is 1. The minimum absolute atomic E-state index is 0.560. The van der Waals surface area contributed by atoms with E-state index in [0.717, 1.165) is 30.0 Å². The van der Waals surface area contributed by atoms with Gasteiger partial charge in [-0.2, -0.15) is 5.26 Å². The maximum atomic E-state index is 9.08. The van der Waals surface area contributed by atoms with Crippen LogP contribution in [0.1, 0.15) is 11.1 Å². The lowest BCUT2D eigenvalue weighted by atomic mass is 10.1. The summed E-state index contributed by atoms with van der Waals surface area (Å²) in [4.78, 5) is 0. The molecule has 0 saturated heterocycles. The molecule has 0 saturated carbocycles. The summed E-state index contributed by atoms with van der Waals surface area (Å²) in [6.45, 7) is 0.721. The van der Waals surface area contributed by atoms with Crippen molar-refractivity contribution in [2.24, 2.45) is 0 Å². The van der Waals surface area contributed by atoms with Crippen molar-refractivity contribution >= 4 is 11.4 Å². The number of nitrogens with two attached hydrogens (primary N) is 1. The Labute approximate surface area is 118 Å². The Morgan fingerprint density at radius 3 is 2.80 bits per heavy atom. The van der Waals surface area contributed by atoms with E-state index in [9.17, 15) is 0 Å². The normalized spacial score (nSPS) is 9.80. The molecule has 4 heteroatoms. The van der Waals surface area contributed by atoms with Gasteiger partial charge in [0, 0.05) is 12.2 Å². The monoisotopic (exact) mass is 267 g/mol. The first kappa shape index (κ1) is 13.8. The lowest BCUT2D eigenvalue weighted by Crippen LogP contribution is -2.07. The maximum absolute atomic E-state index is 9.08. The predicted molar refractivity (Wildman–Crippen MR) is 80.8 cm³/mol. The van der Waals surface area contributed by atoms with Gasteiger partial charge in [-0.25, -0.2) is 0 Å². The second kappa shape index (κ2) is 6.48. The van der Waals surface area contributed by atoms with E-state index in [0.29, 0.717) is 11.3 Å². The van der Waals surface area contributed by atoms with E-state index in [-0.39, 0.29) is 0 Å². The number of benzene rings is 2. The van der Waals surface area contributed by atoms with Gasteiger partial charge >= 0.3 is 0 Å². The molecule has 0 amide bonds. The minimum atomic E-state index is 0.560. The van der Waals surface area contributed by atoms with Crippen LogP contribution < -0.4 is 15.8 Å². The molecule has 2 rings (SSSR count). The minimum Gasteiger partial charge on any atom is -0.496 e. The molecule has 3 N–H and O–H groups in total. The second-order valence-corrected chi connectivity index (χ2v) is 4.41. The topological polar surface area (TPSA) is 71.1 Å². The third-order valence-electron chi connectivity index (χ3n) is 3.07. The van der Waals surface area contributed by atoms with Crippen molar-refractivity contribution in [3.8, 4) is 11.8 Å². The molecular formula is C16H17N3O. The molecule has 2 aromatic carbocycles. The van der Waals surface area contributed by atoms with E-state index in [1.165, 1.54) is 0 Å². The Hall–Kier alpha value is -2.67. The fourth-order valence-electron chi connectivity index (χ4n) is 2.05. The summed E-state index contributed by atoms with van der Waals surface area (Å²) in [5, 5.41) is 12.3. The molecule has 20 heavy (non-hydrogen) atoms.